The van der Waals surface area contributed by atoms with Crippen LogP contribution in [0.4, 0.5) is 4.79 Å². The third-order valence-corrected chi connectivity index (χ3v) is 2.46. The molecule has 1 saturated carbocycles. The SMILES string of the molecule is COC(=O)CN(C)C(=O)N(CC(=O)O)C1CC1. The fourth-order valence-electron chi connectivity index (χ4n) is 1.43. The van der Waals surface area contributed by atoms with Crippen molar-refractivity contribution >= 4 is 18.0 Å². The summed E-state index contributed by atoms with van der Waals surface area (Å²) in [5.41, 5.74) is 0. The number of urea groups is 1. The van der Waals surface area contributed by atoms with Crippen LogP contribution in [-0.2, 0) is 14.3 Å². The van der Waals surface area contributed by atoms with E-state index >= 15 is 0 Å². The zero-order valence-electron chi connectivity index (χ0n) is 9.88. The lowest BCUT2D eigenvalue weighted by Crippen LogP contribution is -2.46. The highest BCUT2D eigenvalue weighted by Gasteiger charge is 2.35. The monoisotopic (exact) mass is 244 g/mol. The van der Waals surface area contributed by atoms with E-state index in [0.717, 1.165) is 17.7 Å². The first-order valence-corrected chi connectivity index (χ1v) is 5.26. The van der Waals surface area contributed by atoms with Gasteiger partial charge in [-0.25, -0.2) is 4.79 Å². The number of ether oxygens (including phenoxy) is 1. The highest BCUT2D eigenvalue weighted by atomic mass is 16.5. The quantitative estimate of drug-likeness (QED) is 0.674. The molecule has 0 aromatic heterocycles. The molecule has 0 aromatic rings. The third-order valence-electron chi connectivity index (χ3n) is 2.46. The van der Waals surface area contributed by atoms with Gasteiger partial charge in [-0.3, -0.25) is 9.59 Å². The molecule has 0 aromatic carbocycles. The first-order chi connectivity index (χ1) is 7.95. The summed E-state index contributed by atoms with van der Waals surface area (Å²) in [6, 6.07) is -0.473. The second-order valence-electron chi connectivity index (χ2n) is 3.97. The van der Waals surface area contributed by atoms with E-state index in [4.69, 9.17) is 5.11 Å². The van der Waals surface area contributed by atoms with Crippen LogP contribution in [-0.4, -0.2) is 66.2 Å². The molecule has 0 unspecified atom stereocenters. The number of hydrogen-bond acceptors (Lipinski definition) is 4. The molecule has 0 radical (unpaired) electrons. The van der Waals surface area contributed by atoms with Gasteiger partial charge in [0.15, 0.2) is 0 Å². The molecule has 1 N–H and O–H groups in total. The highest BCUT2D eigenvalue weighted by molar-refractivity contribution is 5.84. The Hall–Kier alpha value is -1.79. The molecule has 1 fully saturated rings. The van der Waals surface area contributed by atoms with Gasteiger partial charge in [-0.2, -0.15) is 0 Å². The number of aliphatic carboxylic acids is 1. The highest BCUT2D eigenvalue weighted by Crippen LogP contribution is 2.27. The van der Waals surface area contributed by atoms with Crippen LogP contribution in [0.2, 0.25) is 0 Å². The van der Waals surface area contributed by atoms with Crippen molar-refractivity contribution in [1.29, 1.82) is 0 Å². The summed E-state index contributed by atoms with van der Waals surface area (Å²) in [5.74, 6) is -1.59. The van der Waals surface area contributed by atoms with Crippen molar-refractivity contribution in [3.63, 3.8) is 0 Å². The van der Waals surface area contributed by atoms with E-state index in [1.54, 1.807) is 0 Å². The second-order valence-corrected chi connectivity index (χ2v) is 3.97. The molecule has 2 amide bonds. The van der Waals surface area contributed by atoms with Gasteiger partial charge in [0.05, 0.1) is 7.11 Å². The van der Waals surface area contributed by atoms with Crippen LogP contribution in [0.25, 0.3) is 0 Å². The summed E-state index contributed by atoms with van der Waals surface area (Å²) in [5, 5.41) is 8.72. The zero-order chi connectivity index (χ0) is 13.0. The van der Waals surface area contributed by atoms with Crippen molar-refractivity contribution in [2.45, 2.75) is 18.9 Å². The Bertz CT molecular complexity index is 327. The molecular formula is C10H16N2O5. The van der Waals surface area contributed by atoms with Gasteiger partial charge in [0.25, 0.3) is 0 Å². The lowest BCUT2D eigenvalue weighted by Gasteiger charge is -2.26. The molecule has 1 aliphatic carbocycles. The number of amides is 2. The summed E-state index contributed by atoms with van der Waals surface area (Å²) in [7, 11) is 2.67. The Labute approximate surface area is 98.9 Å². The molecule has 0 heterocycles. The molecule has 1 rings (SSSR count). The average molecular weight is 244 g/mol. The molecule has 0 atom stereocenters. The number of esters is 1. The molecular weight excluding hydrogens is 228 g/mol. The van der Waals surface area contributed by atoms with E-state index in [2.05, 4.69) is 4.74 Å². The molecule has 0 aliphatic heterocycles. The lowest BCUT2D eigenvalue weighted by atomic mass is 10.4. The van der Waals surface area contributed by atoms with Gasteiger partial charge in [-0.15, -0.1) is 0 Å². The lowest BCUT2D eigenvalue weighted by molar-refractivity contribution is -0.141. The van der Waals surface area contributed by atoms with Crippen molar-refractivity contribution in [1.82, 2.24) is 9.80 Å². The smallest absolute Gasteiger partial charge is 0.325 e. The first-order valence-electron chi connectivity index (χ1n) is 5.26. The number of nitrogens with zero attached hydrogens (tertiary/aromatic N) is 2. The van der Waals surface area contributed by atoms with E-state index in [9.17, 15) is 14.4 Å². The second kappa shape index (κ2) is 5.51. The number of carboxylic acid groups (broad SMARTS) is 1. The number of carbonyl (C=O) groups excluding carboxylic acids is 2. The third kappa shape index (κ3) is 3.93. The van der Waals surface area contributed by atoms with Gasteiger partial charge < -0.3 is 19.6 Å². The largest absolute Gasteiger partial charge is 0.480 e. The van der Waals surface area contributed by atoms with Crippen LogP contribution in [0.5, 0.6) is 0 Å². The van der Waals surface area contributed by atoms with Gasteiger partial charge in [0.1, 0.15) is 13.1 Å². The van der Waals surface area contributed by atoms with Crippen LogP contribution in [0.3, 0.4) is 0 Å². The maximum atomic E-state index is 11.9. The Kier molecular flexibility index (Phi) is 4.30. The Balaban J connectivity index is 2.57. The number of carboxylic acids is 1. The van der Waals surface area contributed by atoms with Gasteiger partial charge >= 0.3 is 18.0 Å². The van der Waals surface area contributed by atoms with Crippen molar-refractivity contribution in [3.05, 3.63) is 0 Å². The normalized spacial score (nSPS) is 14.0. The molecule has 1 aliphatic rings. The van der Waals surface area contributed by atoms with E-state index < -0.39 is 18.0 Å². The first kappa shape index (κ1) is 13.3. The van der Waals surface area contributed by atoms with Crippen LogP contribution in [0, 0.1) is 0 Å². The molecule has 17 heavy (non-hydrogen) atoms. The van der Waals surface area contributed by atoms with E-state index in [0.29, 0.717) is 0 Å². The molecule has 0 bridgehead atoms. The summed E-state index contributed by atoms with van der Waals surface area (Å²) < 4.78 is 4.44. The van der Waals surface area contributed by atoms with E-state index in [1.165, 1.54) is 19.1 Å². The van der Waals surface area contributed by atoms with Crippen LogP contribution >= 0.6 is 0 Å². The summed E-state index contributed by atoms with van der Waals surface area (Å²) in [6.07, 6.45) is 1.62. The van der Waals surface area contributed by atoms with Crippen LogP contribution < -0.4 is 0 Å². The summed E-state index contributed by atoms with van der Waals surface area (Å²) >= 11 is 0. The van der Waals surface area contributed by atoms with Gasteiger partial charge in [0, 0.05) is 13.1 Å². The van der Waals surface area contributed by atoms with Crippen molar-refractivity contribution in [2.24, 2.45) is 0 Å². The maximum Gasteiger partial charge on any atom is 0.325 e. The molecule has 7 nitrogen and oxygen atoms in total. The topological polar surface area (TPSA) is 87.2 Å². The summed E-state index contributed by atoms with van der Waals surface area (Å²) in [4.78, 5) is 36.0. The van der Waals surface area contributed by atoms with Gasteiger partial charge in [-0.1, -0.05) is 0 Å². The standard InChI is InChI=1S/C10H16N2O5/c1-11(6-9(15)17-2)10(16)12(5-8(13)14)7-3-4-7/h7H,3-6H2,1-2H3,(H,13,14). The number of methoxy groups -OCH3 is 1. The van der Waals surface area contributed by atoms with Gasteiger partial charge in [-0.05, 0) is 12.8 Å². The average Bonchev–Trinajstić information content (AvgIpc) is 3.08. The Morgan fingerprint density at radius 3 is 2.29 bits per heavy atom. The van der Waals surface area contributed by atoms with Crippen LogP contribution in [0.1, 0.15) is 12.8 Å². The fourth-order valence-corrected chi connectivity index (χ4v) is 1.43. The number of rotatable bonds is 5. The van der Waals surface area contributed by atoms with E-state index in [1.807, 2.05) is 0 Å². The van der Waals surface area contributed by atoms with Crippen molar-refractivity contribution in [3.8, 4) is 0 Å². The molecule has 0 saturated heterocycles. The van der Waals surface area contributed by atoms with Crippen molar-refractivity contribution < 1.29 is 24.2 Å². The minimum Gasteiger partial charge on any atom is -0.480 e. The maximum absolute atomic E-state index is 11.9. The summed E-state index contributed by atoms with van der Waals surface area (Å²) in [6.45, 7) is -0.521. The minimum absolute atomic E-state index is 0.0151. The van der Waals surface area contributed by atoms with Gasteiger partial charge in [0.2, 0.25) is 0 Å². The predicted molar refractivity (Wildman–Crippen MR) is 57.4 cm³/mol. The Morgan fingerprint density at radius 1 is 1.29 bits per heavy atom. The molecule has 7 heteroatoms. The molecule has 96 valence electrons. The number of carbonyl (C=O) groups is 3. The zero-order valence-corrected chi connectivity index (χ0v) is 9.88. The number of likely N-dealkylation sites (N-methyl/N-ethyl adjacent to an activating group) is 1. The fraction of sp³-hybridized carbons (Fsp3) is 0.700. The number of hydrogen-bond donors (Lipinski definition) is 1. The molecule has 0 spiro atoms. The Morgan fingerprint density at radius 2 is 1.88 bits per heavy atom. The van der Waals surface area contributed by atoms with Crippen molar-refractivity contribution in [2.75, 3.05) is 27.2 Å². The predicted octanol–water partition coefficient (Wildman–Crippen LogP) is -0.240. The minimum atomic E-state index is -1.06. The van der Waals surface area contributed by atoms with Crippen LogP contribution in [0.15, 0.2) is 0 Å². The van der Waals surface area contributed by atoms with E-state index in [-0.39, 0.29) is 19.1 Å².